The smallest absolute Gasteiger partial charge is 0.141 e. The van der Waals surface area contributed by atoms with E-state index >= 15 is 0 Å². The molecule has 0 aromatic rings. The van der Waals surface area contributed by atoms with Gasteiger partial charge < -0.3 is 5.11 Å². The van der Waals surface area contributed by atoms with Crippen molar-refractivity contribution >= 4 is 5.78 Å². The highest BCUT2D eigenvalue weighted by atomic mass is 16.3. The zero-order valence-corrected chi connectivity index (χ0v) is 7.70. The van der Waals surface area contributed by atoms with E-state index in [1.807, 2.05) is 0 Å². The Morgan fingerprint density at radius 2 is 2.23 bits per heavy atom. The van der Waals surface area contributed by atoms with E-state index in [0.29, 0.717) is 12.2 Å². The fraction of sp³-hybridized carbons (Fsp3) is 0.900. The summed E-state index contributed by atoms with van der Waals surface area (Å²) < 4.78 is 0. The number of carbonyl (C=O) groups excluding carboxylic acids is 1. The molecule has 2 aliphatic heterocycles. The maximum absolute atomic E-state index is 11.7. The first kappa shape index (κ1) is 7.94. The number of fused-ring (bicyclic) bond motifs is 1. The minimum Gasteiger partial charge on any atom is -0.391 e. The van der Waals surface area contributed by atoms with Gasteiger partial charge >= 0.3 is 0 Å². The molecule has 3 aliphatic rings. The quantitative estimate of drug-likeness (QED) is 0.579. The predicted molar refractivity (Wildman–Crippen MR) is 47.3 cm³/mol. The molecule has 0 bridgehead atoms. The molecule has 0 unspecified atom stereocenters. The van der Waals surface area contributed by atoms with Gasteiger partial charge in [0.1, 0.15) is 5.78 Å². The molecule has 1 saturated carbocycles. The van der Waals surface area contributed by atoms with Crippen LogP contribution in [0.1, 0.15) is 25.7 Å². The summed E-state index contributed by atoms with van der Waals surface area (Å²) in [5.41, 5.74) is 0.0422. The first-order chi connectivity index (χ1) is 6.21. The van der Waals surface area contributed by atoms with Crippen molar-refractivity contribution in [2.75, 3.05) is 13.1 Å². The van der Waals surface area contributed by atoms with Gasteiger partial charge in [0.25, 0.3) is 0 Å². The van der Waals surface area contributed by atoms with Gasteiger partial charge in [0.05, 0.1) is 6.10 Å². The lowest BCUT2D eigenvalue weighted by atomic mass is 9.88. The molecule has 72 valence electrons. The number of hydrogen-bond donors (Lipinski definition) is 1. The molecule has 2 heterocycles. The fourth-order valence-corrected chi connectivity index (χ4v) is 2.83. The molecule has 3 nitrogen and oxygen atoms in total. The number of ketones is 1. The summed E-state index contributed by atoms with van der Waals surface area (Å²) in [6.07, 6.45) is 3.38. The molecule has 3 fully saturated rings. The van der Waals surface area contributed by atoms with Gasteiger partial charge in [-0.3, -0.25) is 9.69 Å². The Balaban J connectivity index is 1.83. The van der Waals surface area contributed by atoms with E-state index < -0.39 is 0 Å². The Kier molecular flexibility index (Phi) is 1.43. The molecule has 0 radical (unpaired) electrons. The van der Waals surface area contributed by atoms with Crippen molar-refractivity contribution < 1.29 is 9.90 Å². The molecular weight excluding hydrogens is 166 g/mol. The average Bonchev–Trinajstić information content (AvgIpc) is 2.79. The minimum atomic E-state index is -0.250. The number of rotatable bonds is 0. The summed E-state index contributed by atoms with van der Waals surface area (Å²) in [5, 5.41) is 9.64. The first-order valence-electron chi connectivity index (χ1n) is 5.17. The standard InChI is InChI=1S/C10H15NO2/c12-8-1-4-11-6-10(2-3-10)9(13)5-7(8)11/h7-8,12H,1-6H2/t7-,8+/m1/s1. The molecule has 2 atom stereocenters. The normalized spacial score (nSPS) is 42.4. The first-order valence-corrected chi connectivity index (χ1v) is 5.17. The van der Waals surface area contributed by atoms with Crippen LogP contribution < -0.4 is 0 Å². The third kappa shape index (κ3) is 1.00. The van der Waals surface area contributed by atoms with Gasteiger partial charge in [0, 0.05) is 31.0 Å². The fourth-order valence-electron chi connectivity index (χ4n) is 2.83. The Labute approximate surface area is 77.7 Å². The second-order valence-corrected chi connectivity index (χ2v) is 4.80. The molecular formula is C10H15NO2. The van der Waals surface area contributed by atoms with E-state index in [4.69, 9.17) is 0 Å². The second kappa shape index (κ2) is 2.34. The Morgan fingerprint density at radius 3 is 2.92 bits per heavy atom. The van der Waals surface area contributed by atoms with Crippen LogP contribution in [0, 0.1) is 5.41 Å². The van der Waals surface area contributed by atoms with E-state index in [2.05, 4.69) is 4.90 Å². The van der Waals surface area contributed by atoms with Gasteiger partial charge in [0.2, 0.25) is 0 Å². The van der Waals surface area contributed by atoms with Crippen LogP contribution >= 0.6 is 0 Å². The van der Waals surface area contributed by atoms with Crippen molar-refractivity contribution in [1.29, 1.82) is 0 Å². The summed E-state index contributed by atoms with van der Waals surface area (Å²) in [6, 6.07) is 0.152. The summed E-state index contributed by atoms with van der Waals surface area (Å²) in [7, 11) is 0. The van der Waals surface area contributed by atoms with Gasteiger partial charge in [0.15, 0.2) is 0 Å². The molecule has 3 rings (SSSR count). The highest BCUT2D eigenvalue weighted by molar-refractivity contribution is 5.89. The highest BCUT2D eigenvalue weighted by Gasteiger charge is 2.56. The maximum Gasteiger partial charge on any atom is 0.141 e. The van der Waals surface area contributed by atoms with E-state index in [-0.39, 0.29) is 17.6 Å². The topological polar surface area (TPSA) is 40.5 Å². The van der Waals surface area contributed by atoms with E-state index in [0.717, 1.165) is 32.4 Å². The minimum absolute atomic E-state index is 0.0422. The zero-order valence-electron chi connectivity index (χ0n) is 7.70. The van der Waals surface area contributed by atoms with E-state index in [1.165, 1.54) is 0 Å². The van der Waals surface area contributed by atoms with Crippen molar-refractivity contribution in [1.82, 2.24) is 4.90 Å². The molecule has 1 N–H and O–H groups in total. The summed E-state index contributed by atoms with van der Waals surface area (Å²) in [5.74, 6) is 0.412. The summed E-state index contributed by atoms with van der Waals surface area (Å²) >= 11 is 0. The highest BCUT2D eigenvalue weighted by Crippen LogP contribution is 2.51. The average molecular weight is 181 g/mol. The largest absolute Gasteiger partial charge is 0.391 e. The Hall–Kier alpha value is -0.410. The van der Waals surface area contributed by atoms with Gasteiger partial charge in [-0.25, -0.2) is 0 Å². The van der Waals surface area contributed by atoms with Crippen LogP contribution in [-0.4, -0.2) is 41.0 Å². The van der Waals surface area contributed by atoms with Crippen LogP contribution in [0.2, 0.25) is 0 Å². The van der Waals surface area contributed by atoms with Crippen molar-refractivity contribution in [3.63, 3.8) is 0 Å². The van der Waals surface area contributed by atoms with Crippen LogP contribution in [-0.2, 0) is 4.79 Å². The number of Topliss-reactive ketones (excluding diaryl/α,β-unsaturated/α-hetero) is 1. The van der Waals surface area contributed by atoms with Gasteiger partial charge in [-0.2, -0.15) is 0 Å². The lowest BCUT2D eigenvalue weighted by Crippen LogP contribution is -2.48. The molecule has 2 saturated heterocycles. The van der Waals surface area contributed by atoms with Crippen molar-refractivity contribution in [2.24, 2.45) is 5.41 Å². The lowest BCUT2D eigenvalue weighted by molar-refractivity contribution is -0.130. The SMILES string of the molecule is O=C1C[C@@H]2[C@@H](O)CCN2CC12CC2. The third-order valence-corrected chi connectivity index (χ3v) is 3.97. The molecule has 0 amide bonds. The van der Waals surface area contributed by atoms with Crippen LogP contribution in [0.15, 0.2) is 0 Å². The molecule has 0 aromatic heterocycles. The number of piperidine rings is 1. The van der Waals surface area contributed by atoms with Crippen LogP contribution in [0.3, 0.4) is 0 Å². The summed E-state index contributed by atoms with van der Waals surface area (Å²) in [6.45, 7) is 1.91. The molecule has 0 aromatic carbocycles. The van der Waals surface area contributed by atoms with Crippen LogP contribution in [0.4, 0.5) is 0 Å². The van der Waals surface area contributed by atoms with Gasteiger partial charge in [-0.1, -0.05) is 0 Å². The number of carbonyl (C=O) groups is 1. The number of aliphatic hydroxyl groups is 1. The van der Waals surface area contributed by atoms with E-state index in [1.54, 1.807) is 0 Å². The second-order valence-electron chi connectivity index (χ2n) is 4.80. The van der Waals surface area contributed by atoms with Gasteiger partial charge in [-0.05, 0) is 19.3 Å². The lowest BCUT2D eigenvalue weighted by Gasteiger charge is -2.35. The summed E-state index contributed by atoms with van der Waals surface area (Å²) in [4.78, 5) is 14.0. The Morgan fingerprint density at radius 1 is 1.46 bits per heavy atom. The van der Waals surface area contributed by atoms with Crippen molar-refractivity contribution in [3.05, 3.63) is 0 Å². The maximum atomic E-state index is 11.7. The zero-order chi connectivity index (χ0) is 9.05. The number of nitrogens with zero attached hydrogens (tertiary/aromatic N) is 1. The van der Waals surface area contributed by atoms with Gasteiger partial charge in [-0.15, -0.1) is 0 Å². The van der Waals surface area contributed by atoms with Crippen molar-refractivity contribution in [3.8, 4) is 0 Å². The monoisotopic (exact) mass is 181 g/mol. The number of aliphatic hydroxyl groups excluding tert-OH is 1. The van der Waals surface area contributed by atoms with Crippen LogP contribution in [0.25, 0.3) is 0 Å². The molecule has 1 spiro atoms. The molecule has 13 heavy (non-hydrogen) atoms. The Bertz CT molecular complexity index is 260. The number of hydrogen-bond acceptors (Lipinski definition) is 3. The van der Waals surface area contributed by atoms with E-state index in [9.17, 15) is 9.90 Å². The molecule has 1 aliphatic carbocycles. The van der Waals surface area contributed by atoms with Crippen LogP contribution in [0.5, 0.6) is 0 Å². The third-order valence-electron chi connectivity index (χ3n) is 3.97. The van der Waals surface area contributed by atoms with Crippen molar-refractivity contribution in [2.45, 2.75) is 37.8 Å². The predicted octanol–water partition coefficient (Wildman–Crippen LogP) is 0.175. The molecule has 3 heteroatoms.